The van der Waals surface area contributed by atoms with Crippen LogP contribution in [0.2, 0.25) is 0 Å². The number of nitrogens with zero attached hydrogens (tertiary/aromatic N) is 2. The largest absolute Gasteiger partial charge is 0.573 e. The van der Waals surface area contributed by atoms with Gasteiger partial charge in [0.15, 0.2) is 11.4 Å². The Morgan fingerprint density at radius 1 is 1.50 bits per heavy atom. The molecule has 0 spiro atoms. The Morgan fingerprint density at radius 3 is 2.50 bits per heavy atom. The van der Waals surface area contributed by atoms with Gasteiger partial charge in [0, 0.05) is 5.56 Å². The number of carboxylic acid groups (broad SMARTS) is 1. The van der Waals surface area contributed by atoms with Crippen LogP contribution >= 0.6 is 0 Å². The first-order valence-electron chi connectivity index (χ1n) is 4.83. The summed E-state index contributed by atoms with van der Waals surface area (Å²) >= 11 is 0. The van der Waals surface area contributed by atoms with Gasteiger partial charge in [-0.05, 0) is 6.07 Å². The van der Waals surface area contributed by atoms with Crippen LogP contribution in [-0.2, 0) is 11.2 Å². The second-order valence-corrected chi connectivity index (χ2v) is 3.41. The van der Waals surface area contributed by atoms with Gasteiger partial charge >= 0.3 is 12.3 Å². The van der Waals surface area contributed by atoms with Gasteiger partial charge in [0.1, 0.15) is 11.8 Å². The van der Waals surface area contributed by atoms with E-state index in [0.717, 1.165) is 6.07 Å². The molecule has 1 heterocycles. The molecule has 0 aromatic carbocycles. The minimum absolute atomic E-state index is 0.459. The maximum atomic E-state index is 12.5. The third-order valence-corrected chi connectivity index (χ3v) is 1.96. The predicted octanol–water partition coefficient (Wildman–Crippen LogP) is 2.42. The van der Waals surface area contributed by atoms with Crippen LogP contribution in [0.1, 0.15) is 23.4 Å². The summed E-state index contributed by atoms with van der Waals surface area (Å²) < 4.78 is 65.0. The number of aromatic nitrogens is 1. The molecule has 1 aromatic rings. The number of carboxylic acids is 1. The number of rotatable bonds is 4. The molecular weight excluding hydrogens is 291 g/mol. The first-order chi connectivity index (χ1) is 9.14. The Morgan fingerprint density at radius 2 is 2.10 bits per heavy atom. The highest BCUT2D eigenvalue weighted by Crippen LogP contribution is 2.32. The molecule has 1 aromatic heterocycles. The third kappa shape index (κ3) is 4.04. The first kappa shape index (κ1) is 15.6. The normalized spacial score (nSPS) is 11.2. The number of halogens is 5. The van der Waals surface area contributed by atoms with Gasteiger partial charge in [-0.1, -0.05) is 0 Å². The average Bonchev–Trinajstić information content (AvgIpc) is 2.28. The minimum atomic E-state index is -5.22. The molecule has 0 aliphatic carbocycles. The molecule has 10 heteroatoms. The van der Waals surface area contributed by atoms with Crippen molar-refractivity contribution < 1.29 is 36.6 Å². The molecule has 1 N–H and O–H groups in total. The van der Waals surface area contributed by atoms with Crippen molar-refractivity contribution in [3.63, 3.8) is 0 Å². The maximum absolute atomic E-state index is 12.5. The molecule has 20 heavy (non-hydrogen) atoms. The van der Waals surface area contributed by atoms with Gasteiger partial charge in [0.25, 0.3) is 6.43 Å². The zero-order chi connectivity index (χ0) is 15.5. The van der Waals surface area contributed by atoms with Crippen LogP contribution in [0, 0.1) is 11.3 Å². The molecular formula is C10H5F5N2O3. The number of ether oxygens (including phenoxy) is 1. The molecule has 0 saturated carbocycles. The van der Waals surface area contributed by atoms with E-state index in [1.807, 2.05) is 0 Å². The Kier molecular flexibility index (Phi) is 4.44. The third-order valence-electron chi connectivity index (χ3n) is 1.96. The molecule has 0 unspecified atom stereocenters. The van der Waals surface area contributed by atoms with E-state index in [2.05, 4.69) is 9.72 Å². The fourth-order valence-corrected chi connectivity index (χ4v) is 1.32. The molecule has 0 amide bonds. The number of aliphatic carboxylic acids is 1. The van der Waals surface area contributed by atoms with E-state index in [1.54, 1.807) is 0 Å². The molecule has 1 rings (SSSR count). The van der Waals surface area contributed by atoms with Crippen LogP contribution in [0.3, 0.4) is 0 Å². The summed E-state index contributed by atoms with van der Waals surface area (Å²) in [6.07, 6.45) is -9.41. The van der Waals surface area contributed by atoms with E-state index in [-0.39, 0.29) is 0 Å². The van der Waals surface area contributed by atoms with Crippen LogP contribution in [0.4, 0.5) is 22.0 Å². The van der Waals surface area contributed by atoms with Gasteiger partial charge in [-0.2, -0.15) is 5.26 Å². The summed E-state index contributed by atoms with van der Waals surface area (Å²) in [5.74, 6) is -2.76. The second-order valence-electron chi connectivity index (χ2n) is 3.41. The topological polar surface area (TPSA) is 83.2 Å². The van der Waals surface area contributed by atoms with Crippen LogP contribution in [0.15, 0.2) is 6.07 Å². The van der Waals surface area contributed by atoms with Crippen molar-refractivity contribution in [2.45, 2.75) is 19.2 Å². The van der Waals surface area contributed by atoms with E-state index in [1.165, 1.54) is 0 Å². The summed E-state index contributed by atoms with van der Waals surface area (Å²) in [6.45, 7) is 0. The van der Waals surface area contributed by atoms with Crippen molar-refractivity contribution in [1.29, 1.82) is 5.26 Å². The highest BCUT2D eigenvalue weighted by molar-refractivity contribution is 5.72. The van der Waals surface area contributed by atoms with Gasteiger partial charge < -0.3 is 9.84 Å². The fraction of sp³-hybridized carbons (Fsp3) is 0.300. The molecule has 0 bridgehead atoms. The predicted molar refractivity (Wildman–Crippen MR) is 51.9 cm³/mol. The molecule has 0 atom stereocenters. The van der Waals surface area contributed by atoms with Crippen LogP contribution < -0.4 is 4.74 Å². The lowest BCUT2D eigenvalue weighted by Crippen LogP contribution is -2.20. The number of carbonyl (C=O) groups is 1. The lowest BCUT2D eigenvalue weighted by atomic mass is 10.1. The van der Waals surface area contributed by atoms with Gasteiger partial charge in [-0.3, -0.25) is 4.79 Å². The van der Waals surface area contributed by atoms with Crippen molar-refractivity contribution in [2.75, 3.05) is 0 Å². The lowest BCUT2D eigenvalue weighted by molar-refractivity contribution is -0.275. The Balaban J connectivity index is 3.44. The zero-order valence-electron chi connectivity index (χ0n) is 9.41. The minimum Gasteiger partial charge on any atom is -0.481 e. The molecule has 0 aliphatic rings. The molecule has 5 nitrogen and oxygen atoms in total. The van der Waals surface area contributed by atoms with Crippen molar-refractivity contribution in [3.05, 3.63) is 23.0 Å². The van der Waals surface area contributed by atoms with E-state index in [4.69, 9.17) is 10.4 Å². The number of pyridine rings is 1. The van der Waals surface area contributed by atoms with Crippen molar-refractivity contribution in [1.82, 2.24) is 4.98 Å². The Hall–Kier alpha value is -2.44. The highest BCUT2D eigenvalue weighted by Gasteiger charge is 2.34. The van der Waals surface area contributed by atoms with E-state index in [9.17, 15) is 26.7 Å². The molecule has 0 fully saturated rings. The van der Waals surface area contributed by atoms with Gasteiger partial charge in [-0.15, -0.1) is 13.2 Å². The number of alkyl halides is 5. The Labute approximate surface area is 108 Å². The van der Waals surface area contributed by atoms with E-state index >= 15 is 0 Å². The summed E-state index contributed by atoms with van der Waals surface area (Å²) in [5.41, 5.74) is -2.78. The maximum Gasteiger partial charge on any atom is 0.573 e. The van der Waals surface area contributed by atoms with Crippen LogP contribution in [-0.4, -0.2) is 22.4 Å². The van der Waals surface area contributed by atoms with Gasteiger partial charge in [0.05, 0.1) is 6.42 Å². The first-order valence-corrected chi connectivity index (χ1v) is 4.83. The number of hydrogen-bond acceptors (Lipinski definition) is 4. The lowest BCUT2D eigenvalue weighted by Gasteiger charge is -2.14. The summed E-state index contributed by atoms with van der Waals surface area (Å²) in [5, 5.41) is 17.2. The smallest absolute Gasteiger partial charge is 0.481 e. The van der Waals surface area contributed by atoms with Crippen LogP contribution in [0.5, 0.6) is 5.75 Å². The summed E-state index contributed by atoms with van der Waals surface area (Å²) in [4.78, 5) is 13.6. The molecule has 108 valence electrons. The summed E-state index contributed by atoms with van der Waals surface area (Å²) in [6, 6.07) is 1.62. The average molecular weight is 296 g/mol. The highest BCUT2D eigenvalue weighted by atomic mass is 19.4. The van der Waals surface area contributed by atoms with Crippen molar-refractivity contribution in [2.24, 2.45) is 0 Å². The molecule has 0 aliphatic heterocycles. The standard InChI is InChI=1S/C10H5F5N2O3/c11-9(12)5-1-4(2-7(18)19)8(6(3-16)17-5)20-10(13,14)15/h1,9H,2H2,(H,18,19). The number of hydrogen-bond donors (Lipinski definition) is 1. The Bertz CT molecular complexity index is 565. The molecule has 0 saturated heterocycles. The monoisotopic (exact) mass is 296 g/mol. The number of nitriles is 1. The zero-order valence-corrected chi connectivity index (χ0v) is 9.41. The van der Waals surface area contributed by atoms with E-state index in [0.29, 0.717) is 6.07 Å². The van der Waals surface area contributed by atoms with E-state index < -0.39 is 47.9 Å². The quantitative estimate of drug-likeness (QED) is 0.863. The van der Waals surface area contributed by atoms with Crippen molar-refractivity contribution in [3.8, 4) is 11.8 Å². The summed E-state index contributed by atoms with van der Waals surface area (Å²) in [7, 11) is 0. The van der Waals surface area contributed by atoms with Gasteiger partial charge in [-0.25, -0.2) is 13.8 Å². The molecule has 0 radical (unpaired) electrons. The van der Waals surface area contributed by atoms with Crippen molar-refractivity contribution >= 4 is 5.97 Å². The van der Waals surface area contributed by atoms with Gasteiger partial charge in [0.2, 0.25) is 0 Å². The fourth-order valence-electron chi connectivity index (χ4n) is 1.32. The van der Waals surface area contributed by atoms with Crippen LogP contribution in [0.25, 0.3) is 0 Å². The second kappa shape index (κ2) is 5.68. The SMILES string of the molecule is N#Cc1nc(C(F)F)cc(CC(=O)O)c1OC(F)(F)F.